The first kappa shape index (κ1) is 13.8. The summed E-state index contributed by atoms with van der Waals surface area (Å²) in [7, 11) is 3.30. The highest BCUT2D eigenvalue weighted by Gasteiger charge is 2.26. The van der Waals surface area contributed by atoms with Gasteiger partial charge in [-0.15, -0.1) is 0 Å². The Morgan fingerprint density at radius 1 is 1.60 bits per heavy atom. The van der Waals surface area contributed by atoms with Crippen molar-refractivity contribution < 1.29 is 9.66 Å². The summed E-state index contributed by atoms with van der Waals surface area (Å²) in [4.78, 5) is 16.6. The van der Waals surface area contributed by atoms with E-state index in [4.69, 9.17) is 4.74 Å². The Hall–Kier alpha value is -2.62. The van der Waals surface area contributed by atoms with Crippen molar-refractivity contribution in [2.24, 2.45) is 0 Å². The number of rotatable bonds is 3. The molecule has 1 aliphatic heterocycles. The molecule has 2 rings (SSSR count). The van der Waals surface area contributed by atoms with Crippen LogP contribution in [0.3, 0.4) is 0 Å². The van der Waals surface area contributed by atoms with Crippen LogP contribution in [-0.4, -0.2) is 35.5 Å². The predicted molar refractivity (Wildman–Crippen MR) is 71.8 cm³/mol. The van der Waals surface area contributed by atoms with E-state index in [1.54, 1.807) is 0 Å². The standard InChI is InChI=1S/C13H14N4O3/c1-16-7-3-4-10(16)9(8-14)13-11(17(18)19)5-6-12(15-13)20-2/h5-6H,3-4,7H2,1-2H3/b10-9+. The summed E-state index contributed by atoms with van der Waals surface area (Å²) < 4.78 is 4.99. The fraction of sp³-hybridized carbons (Fsp3) is 0.385. The van der Waals surface area contributed by atoms with E-state index in [1.807, 2.05) is 11.9 Å². The van der Waals surface area contributed by atoms with Crippen LogP contribution in [0.15, 0.2) is 17.8 Å². The number of methoxy groups -OCH3 is 1. The van der Waals surface area contributed by atoms with Gasteiger partial charge < -0.3 is 9.64 Å². The van der Waals surface area contributed by atoms with Crippen LogP contribution in [0.1, 0.15) is 18.5 Å². The van der Waals surface area contributed by atoms with Crippen LogP contribution in [-0.2, 0) is 0 Å². The number of hydrogen-bond donors (Lipinski definition) is 0. The molecule has 0 N–H and O–H groups in total. The summed E-state index contributed by atoms with van der Waals surface area (Å²) in [6, 6.07) is 4.78. The lowest BCUT2D eigenvalue weighted by molar-refractivity contribution is -0.385. The Labute approximate surface area is 116 Å². The molecule has 1 aromatic heterocycles. The molecule has 0 bridgehead atoms. The number of nitrogens with zero attached hydrogens (tertiary/aromatic N) is 4. The Kier molecular flexibility index (Phi) is 3.84. The largest absolute Gasteiger partial charge is 0.481 e. The Balaban J connectivity index is 2.65. The molecule has 7 heteroatoms. The molecule has 0 aromatic carbocycles. The zero-order valence-corrected chi connectivity index (χ0v) is 11.3. The van der Waals surface area contributed by atoms with E-state index in [2.05, 4.69) is 11.1 Å². The molecule has 0 atom stereocenters. The molecule has 7 nitrogen and oxygen atoms in total. The van der Waals surface area contributed by atoms with Crippen LogP contribution in [0.4, 0.5) is 5.69 Å². The highest BCUT2D eigenvalue weighted by molar-refractivity contribution is 5.82. The van der Waals surface area contributed by atoms with Gasteiger partial charge in [0.25, 0.3) is 5.69 Å². The summed E-state index contributed by atoms with van der Waals surface area (Å²) in [5.41, 5.74) is 0.919. The van der Waals surface area contributed by atoms with E-state index in [1.165, 1.54) is 19.2 Å². The van der Waals surface area contributed by atoms with Crippen molar-refractivity contribution in [2.45, 2.75) is 12.8 Å². The van der Waals surface area contributed by atoms with Crippen molar-refractivity contribution in [2.75, 3.05) is 20.7 Å². The number of likely N-dealkylation sites (tertiary alicyclic amines) is 1. The first-order chi connectivity index (χ1) is 9.58. The summed E-state index contributed by atoms with van der Waals surface area (Å²) in [6.07, 6.45) is 1.64. The summed E-state index contributed by atoms with van der Waals surface area (Å²) >= 11 is 0. The molecule has 104 valence electrons. The first-order valence-electron chi connectivity index (χ1n) is 6.12. The van der Waals surface area contributed by atoms with E-state index in [0.29, 0.717) is 0 Å². The number of allylic oxidation sites excluding steroid dienone is 2. The average molecular weight is 274 g/mol. The number of pyridine rings is 1. The van der Waals surface area contributed by atoms with Crippen LogP contribution in [0.5, 0.6) is 5.88 Å². The third-order valence-electron chi connectivity index (χ3n) is 3.26. The highest BCUT2D eigenvalue weighted by atomic mass is 16.6. The molecule has 0 saturated carbocycles. The van der Waals surface area contributed by atoms with E-state index < -0.39 is 4.92 Å². The fourth-order valence-electron chi connectivity index (χ4n) is 2.26. The van der Waals surface area contributed by atoms with Gasteiger partial charge >= 0.3 is 0 Å². The quantitative estimate of drug-likeness (QED) is 0.475. The van der Waals surface area contributed by atoms with Gasteiger partial charge in [0.15, 0.2) is 5.69 Å². The second-order valence-corrected chi connectivity index (χ2v) is 4.44. The van der Waals surface area contributed by atoms with Gasteiger partial charge in [-0.25, -0.2) is 4.98 Å². The maximum atomic E-state index is 11.1. The molecule has 1 aliphatic rings. The van der Waals surface area contributed by atoms with Crippen LogP contribution in [0, 0.1) is 21.4 Å². The van der Waals surface area contributed by atoms with Gasteiger partial charge in [-0.1, -0.05) is 0 Å². The van der Waals surface area contributed by atoms with Gasteiger partial charge in [0.2, 0.25) is 5.88 Å². The van der Waals surface area contributed by atoms with Gasteiger partial charge in [-0.3, -0.25) is 10.1 Å². The van der Waals surface area contributed by atoms with Gasteiger partial charge in [-0.2, -0.15) is 5.26 Å². The van der Waals surface area contributed by atoms with Crippen LogP contribution < -0.4 is 4.74 Å². The maximum absolute atomic E-state index is 11.1. The molecule has 1 saturated heterocycles. The van der Waals surface area contributed by atoms with Crippen LogP contribution >= 0.6 is 0 Å². The number of nitriles is 1. The monoisotopic (exact) mass is 274 g/mol. The van der Waals surface area contributed by atoms with Crippen molar-refractivity contribution in [1.29, 1.82) is 5.26 Å². The third kappa shape index (κ3) is 2.40. The average Bonchev–Trinajstić information content (AvgIpc) is 2.85. The molecule has 1 fully saturated rings. The number of aromatic nitrogens is 1. The third-order valence-corrected chi connectivity index (χ3v) is 3.26. The van der Waals surface area contributed by atoms with Crippen LogP contribution in [0.25, 0.3) is 5.57 Å². The lowest BCUT2D eigenvalue weighted by atomic mass is 10.1. The first-order valence-corrected chi connectivity index (χ1v) is 6.12. The SMILES string of the molecule is COc1ccc([N+](=O)[O-])c(/C(C#N)=C2\CCCN2C)n1. The van der Waals surface area contributed by atoms with Gasteiger partial charge in [0.05, 0.1) is 12.0 Å². The summed E-state index contributed by atoms with van der Waals surface area (Å²) in [5, 5.41) is 20.5. The zero-order valence-electron chi connectivity index (χ0n) is 11.3. The Bertz CT molecular complexity index is 619. The Morgan fingerprint density at radius 2 is 2.35 bits per heavy atom. The van der Waals surface area contributed by atoms with Crippen molar-refractivity contribution in [1.82, 2.24) is 9.88 Å². The normalized spacial score (nSPS) is 16.8. The number of hydrogen-bond acceptors (Lipinski definition) is 6. The van der Waals surface area contributed by atoms with Crippen molar-refractivity contribution in [3.63, 3.8) is 0 Å². The minimum absolute atomic E-state index is 0.0700. The second kappa shape index (κ2) is 5.57. The lowest BCUT2D eigenvalue weighted by Crippen LogP contribution is -2.12. The minimum Gasteiger partial charge on any atom is -0.481 e. The van der Waals surface area contributed by atoms with Crippen molar-refractivity contribution >= 4 is 11.3 Å². The molecule has 0 radical (unpaired) electrons. The van der Waals surface area contributed by atoms with E-state index in [9.17, 15) is 15.4 Å². The van der Waals surface area contributed by atoms with E-state index in [-0.39, 0.29) is 22.8 Å². The minimum atomic E-state index is -0.533. The number of ether oxygens (including phenoxy) is 1. The van der Waals surface area contributed by atoms with Crippen molar-refractivity contribution in [3.8, 4) is 11.9 Å². The van der Waals surface area contributed by atoms with E-state index >= 15 is 0 Å². The van der Waals surface area contributed by atoms with Gasteiger partial charge in [0.1, 0.15) is 11.6 Å². The molecule has 0 unspecified atom stereocenters. The Morgan fingerprint density at radius 3 is 2.85 bits per heavy atom. The smallest absolute Gasteiger partial charge is 0.296 e. The van der Waals surface area contributed by atoms with Gasteiger partial charge in [0, 0.05) is 31.4 Å². The topological polar surface area (TPSA) is 92.3 Å². The molecule has 0 amide bonds. The lowest BCUT2D eigenvalue weighted by Gasteiger charge is -2.14. The summed E-state index contributed by atoms with van der Waals surface area (Å²) in [5.74, 6) is 0.250. The molecular formula is C13H14N4O3. The number of nitro groups is 1. The zero-order chi connectivity index (χ0) is 14.7. The molecule has 0 aliphatic carbocycles. The summed E-state index contributed by atoms with van der Waals surface area (Å²) in [6.45, 7) is 0.832. The molecule has 20 heavy (non-hydrogen) atoms. The second-order valence-electron chi connectivity index (χ2n) is 4.44. The predicted octanol–water partition coefficient (Wildman–Crippen LogP) is 1.96. The maximum Gasteiger partial charge on any atom is 0.296 e. The van der Waals surface area contributed by atoms with Gasteiger partial charge in [-0.05, 0) is 12.8 Å². The molecular weight excluding hydrogens is 260 g/mol. The fourth-order valence-corrected chi connectivity index (χ4v) is 2.26. The van der Waals surface area contributed by atoms with Crippen molar-refractivity contribution in [3.05, 3.63) is 33.6 Å². The molecule has 1 aromatic rings. The molecule has 0 spiro atoms. The van der Waals surface area contributed by atoms with E-state index in [0.717, 1.165) is 25.1 Å². The van der Waals surface area contributed by atoms with Crippen LogP contribution in [0.2, 0.25) is 0 Å². The highest BCUT2D eigenvalue weighted by Crippen LogP contribution is 2.32. The molecule has 2 heterocycles.